The van der Waals surface area contributed by atoms with Crippen molar-refractivity contribution in [2.75, 3.05) is 19.7 Å². The molecule has 2 aromatic rings. The summed E-state index contributed by atoms with van der Waals surface area (Å²) in [6, 6.07) is 8.92. The minimum atomic E-state index is -0.793. The summed E-state index contributed by atoms with van der Waals surface area (Å²) in [7, 11) is 0. The monoisotopic (exact) mass is 398 g/mol. The smallest absolute Gasteiger partial charge is 0.306 e. The number of aliphatic carboxylic acids is 1. The highest BCUT2D eigenvalue weighted by atomic mass is 16.5. The van der Waals surface area contributed by atoms with Gasteiger partial charge in [-0.25, -0.2) is 0 Å². The van der Waals surface area contributed by atoms with Crippen LogP contribution in [0.15, 0.2) is 42.7 Å². The van der Waals surface area contributed by atoms with Crippen molar-refractivity contribution in [1.82, 2.24) is 9.88 Å². The standard InChI is InChI=1S/C22H26N2O5/c1-3-28-20-11-17(6-7-19(20)29-14-16-5-4-9-23-12-16)21(25)24-10-8-18(22(26)27)15(2)13-24/h4-7,9,11-12,15,18H,3,8,10,13-14H2,1-2H3,(H,26,27). The van der Waals surface area contributed by atoms with Crippen LogP contribution in [0.1, 0.15) is 36.2 Å². The Morgan fingerprint density at radius 1 is 1.24 bits per heavy atom. The van der Waals surface area contributed by atoms with Crippen LogP contribution in [0.2, 0.25) is 0 Å². The van der Waals surface area contributed by atoms with E-state index in [0.29, 0.717) is 49.8 Å². The number of benzene rings is 1. The van der Waals surface area contributed by atoms with Crippen molar-refractivity contribution < 1.29 is 24.2 Å². The average Bonchev–Trinajstić information content (AvgIpc) is 2.73. The molecule has 29 heavy (non-hydrogen) atoms. The number of hydrogen-bond donors (Lipinski definition) is 1. The number of pyridine rings is 1. The van der Waals surface area contributed by atoms with Gasteiger partial charge < -0.3 is 19.5 Å². The van der Waals surface area contributed by atoms with Crippen LogP contribution in [0.4, 0.5) is 0 Å². The van der Waals surface area contributed by atoms with Crippen LogP contribution in [0.5, 0.6) is 11.5 Å². The van der Waals surface area contributed by atoms with Crippen molar-refractivity contribution in [1.29, 1.82) is 0 Å². The zero-order valence-electron chi connectivity index (χ0n) is 16.7. The Morgan fingerprint density at radius 3 is 2.72 bits per heavy atom. The van der Waals surface area contributed by atoms with Crippen molar-refractivity contribution in [3.63, 3.8) is 0 Å². The van der Waals surface area contributed by atoms with E-state index in [9.17, 15) is 14.7 Å². The van der Waals surface area contributed by atoms with E-state index in [1.807, 2.05) is 26.0 Å². The Labute approximate surface area is 170 Å². The molecule has 7 nitrogen and oxygen atoms in total. The number of carbonyl (C=O) groups excluding carboxylic acids is 1. The molecule has 1 aromatic carbocycles. The summed E-state index contributed by atoms with van der Waals surface area (Å²) in [5.74, 6) is -0.334. The lowest BCUT2D eigenvalue weighted by atomic mass is 9.87. The maximum absolute atomic E-state index is 12.9. The molecule has 1 fully saturated rings. The van der Waals surface area contributed by atoms with Gasteiger partial charge in [0.25, 0.3) is 5.91 Å². The molecule has 0 spiro atoms. The highest BCUT2D eigenvalue weighted by molar-refractivity contribution is 5.95. The van der Waals surface area contributed by atoms with E-state index < -0.39 is 11.9 Å². The van der Waals surface area contributed by atoms with Gasteiger partial charge in [0.05, 0.1) is 12.5 Å². The predicted octanol–water partition coefficient (Wildman–Crippen LogP) is 3.24. The number of carboxylic acids is 1. The molecule has 3 rings (SSSR count). The third-order valence-corrected chi connectivity index (χ3v) is 5.12. The fraction of sp³-hybridized carbons (Fsp3) is 0.409. The molecule has 1 N–H and O–H groups in total. The van der Waals surface area contributed by atoms with Gasteiger partial charge in [-0.1, -0.05) is 13.0 Å². The molecule has 0 bridgehead atoms. The van der Waals surface area contributed by atoms with E-state index in [4.69, 9.17) is 9.47 Å². The molecule has 2 atom stereocenters. The van der Waals surface area contributed by atoms with Gasteiger partial charge in [0, 0.05) is 36.6 Å². The topological polar surface area (TPSA) is 89.0 Å². The number of rotatable bonds is 7. The Kier molecular flexibility index (Phi) is 6.69. The number of ether oxygens (including phenoxy) is 2. The predicted molar refractivity (Wildman–Crippen MR) is 107 cm³/mol. The van der Waals surface area contributed by atoms with Crippen LogP contribution in [-0.2, 0) is 11.4 Å². The lowest BCUT2D eigenvalue weighted by Crippen LogP contribution is -2.45. The van der Waals surface area contributed by atoms with Gasteiger partial charge in [-0.15, -0.1) is 0 Å². The van der Waals surface area contributed by atoms with Crippen LogP contribution in [-0.4, -0.2) is 46.6 Å². The summed E-state index contributed by atoms with van der Waals surface area (Å²) in [6.45, 7) is 5.41. The van der Waals surface area contributed by atoms with Gasteiger partial charge in [0.2, 0.25) is 0 Å². The Hall–Kier alpha value is -3.09. The van der Waals surface area contributed by atoms with Crippen molar-refractivity contribution >= 4 is 11.9 Å². The van der Waals surface area contributed by atoms with E-state index in [2.05, 4.69) is 4.98 Å². The molecule has 1 aliphatic heterocycles. The Balaban J connectivity index is 1.72. The number of amides is 1. The fourth-order valence-corrected chi connectivity index (χ4v) is 3.55. The molecule has 1 aromatic heterocycles. The maximum atomic E-state index is 12.9. The lowest BCUT2D eigenvalue weighted by molar-refractivity contribution is -0.145. The summed E-state index contributed by atoms with van der Waals surface area (Å²) >= 11 is 0. The average molecular weight is 398 g/mol. The van der Waals surface area contributed by atoms with Crippen LogP contribution in [0, 0.1) is 11.8 Å². The first-order chi connectivity index (χ1) is 14.0. The number of carboxylic acid groups (broad SMARTS) is 1. The van der Waals surface area contributed by atoms with E-state index >= 15 is 0 Å². The molecule has 0 aliphatic carbocycles. The maximum Gasteiger partial charge on any atom is 0.306 e. The summed E-state index contributed by atoms with van der Waals surface area (Å²) in [5.41, 5.74) is 1.44. The van der Waals surface area contributed by atoms with Crippen LogP contribution in [0.25, 0.3) is 0 Å². The van der Waals surface area contributed by atoms with E-state index in [1.54, 1.807) is 35.5 Å². The molecular weight excluding hydrogens is 372 g/mol. The summed E-state index contributed by atoms with van der Waals surface area (Å²) in [5, 5.41) is 9.27. The van der Waals surface area contributed by atoms with E-state index in [0.717, 1.165) is 5.56 Å². The van der Waals surface area contributed by atoms with Gasteiger partial charge >= 0.3 is 5.97 Å². The van der Waals surface area contributed by atoms with E-state index in [1.165, 1.54) is 0 Å². The second-order valence-electron chi connectivity index (χ2n) is 7.21. The lowest BCUT2D eigenvalue weighted by Gasteiger charge is -2.35. The van der Waals surface area contributed by atoms with E-state index in [-0.39, 0.29) is 11.8 Å². The molecule has 1 aliphatic rings. The largest absolute Gasteiger partial charge is 0.490 e. The molecule has 0 saturated carbocycles. The normalized spacial score (nSPS) is 18.9. The van der Waals surface area contributed by atoms with Crippen molar-refractivity contribution in [2.24, 2.45) is 11.8 Å². The van der Waals surface area contributed by atoms with Gasteiger partial charge in [0.1, 0.15) is 6.61 Å². The van der Waals surface area contributed by atoms with Crippen molar-refractivity contribution in [3.8, 4) is 11.5 Å². The zero-order valence-corrected chi connectivity index (χ0v) is 16.7. The molecule has 2 heterocycles. The number of hydrogen-bond acceptors (Lipinski definition) is 5. The van der Waals surface area contributed by atoms with Crippen molar-refractivity contribution in [3.05, 3.63) is 53.9 Å². The number of aromatic nitrogens is 1. The third-order valence-electron chi connectivity index (χ3n) is 5.12. The fourth-order valence-electron chi connectivity index (χ4n) is 3.55. The first kappa shape index (κ1) is 20.6. The molecule has 154 valence electrons. The molecule has 1 amide bonds. The highest BCUT2D eigenvalue weighted by Gasteiger charge is 2.33. The minimum Gasteiger partial charge on any atom is -0.490 e. The molecule has 1 saturated heterocycles. The summed E-state index contributed by atoms with van der Waals surface area (Å²) < 4.78 is 11.5. The molecular formula is C22H26N2O5. The summed E-state index contributed by atoms with van der Waals surface area (Å²) in [4.78, 5) is 30.0. The van der Waals surface area contributed by atoms with Crippen LogP contribution < -0.4 is 9.47 Å². The van der Waals surface area contributed by atoms with Crippen LogP contribution in [0.3, 0.4) is 0 Å². The SMILES string of the molecule is CCOc1cc(C(=O)N2CCC(C(=O)O)C(C)C2)ccc1OCc1cccnc1. The van der Waals surface area contributed by atoms with Gasteiger partial charge in [-0.3, -0.25) is 14.6 Å². The third kappa shape index (κ3) is 5.04. The minimum absolute atomic E-state index is 0.0846. The highest BCUT2D eigenvalue weighted by Crippen LogP contribution is 2.31. The van der Waals surface area contributed by atoms with Crippen LogP contribution >= 0.6 is 0 Å². The number of piperidine rings is 1. The molecule has 7 heteroatoms. The molecule has 2 unspecified atom stereocenters. The number of carbonyl (C=O) groups is 2. The first-order valence-corrected chi connectivity index (χ1v) is 9.80. The number of likely N-dealkylation sites (tertiary alicyclic amines) is 1. The number of nitrogens with zero attached hydrogens (tertiary/aromatic N) is 2. The van der Waals surface area contributed by atoms with Gasteiger partial charge in [-0.05, 0) is 43.5 Å². The Bertz CT molecular complexity index is 856. The van der Waals surface area contributed by atoms with Crippen molar-refractivity contribution in [2.45, 2.75) is 26.9 Å². The van der Waals surface area contributed by atoms with Gasteiger partial charge in [-0.2, -0.15) is 0 Å². The second kappa shape index (κ2) is 9.41. The zero-order chi connectivity index (χ0) is 20.8. The van der Waals surface area contributed by atoms with Gasteiger partial charge in [0.15, 0.2) is 11.5 Å². The second-order valence-corrected chi connectivity index (χ2v) is 7.21. The Morgan fingerprint density at radius 2 is 2.07 bits per heavy atom. The first-order valence-electron chi connectivity index (χ1n) is 9.80. The summed E-state index contributed by atoms with van der Waals surface area (Å²) in [6.07, 6.45) is 3.91. The quantitative estimate of drug-likeness (QED) is 0.770. The molecule has 0 radical (unpaired) electrons.